The van der Waals surface area contributed by atoms with E-state index in [0.717, 1.165) is 31.7 Å². The molecule has 7 heteroatoms. The molecule has 1 saturated carbocycles. The van der Waals surface area contributed by atoms with Crippen molar-refractivity contribution in [3.8, 4) is 0 Å². The third-order valence-corrected chi connectivity index (χ3v) is 5.03. The van der Waals surface area contributed by atoms with Crippen molar-refractivity contribution in [2.24, 2.45) is 5.92 Å². The highest BCUT2D eigenvalue weighted by molar-refractivity contribution is 5.94. The fraction of sp³-hybridized carbons (Fsp3) is 0.588. The van der Waals surface area contributed by atoms with E-state index in [0.29, 0.717) is 30.6 Å². The molecule has 1 N–H and O–H groups in total. The molecule has 1 aliphatic carbocycles. The quantitative estimate of drug-likeness (QED) is 0.842. The number of halogens is 1. The van der Waals surface area contributed by atoms with E-state index in [4.69, 9.17) is 4.74 Å². The third kappa shape index (κ3) is 3.13. The topological polar surface area (TPSA) is 71.5 Å². The SMILES string of the molecule is O=C(NC1CC1)[C@@H]1C[C@@H]2CCN(C(=O)c3ccnc(F)c3)C[C@@H]2O1. The first-order valence-electron chi connectivity index (χ1n) is 8.47. The maximum atomic E-state index is 13.2. The number of fused-ring (bicyclic) bond motifs is 1. The number of rotatable bonds is 3. The van der Waals surface area contributed by atoms with Crippen LogP contribution < -0.4 is 5.32 Å². The zero-order valence-electron chi connectivity index (χ0n) is 13.3. The van der Waals surface area contributed by atoms with Crippen LogP contribution in [0.5, 0.6) is 0 Å². The molecule has 24 heavy (non-hydrogen) atoms. The molecule has 4 rings (SSSR count). The molecule has 0 aromatic carbocycles. The van der Waals surface area contributed by atoms with Crippen LogP contribution in [0.3, 0.4) is 0 Å². The molecule has 1 aromatic heterocycles. The van der Waals surface area contributed by atoms with Gasteiger partial charge in [-0.3, -0.25) is 9.59 Å². The van der Waals surface area contributed by atoms with Crippen LogP contribution in [-0.4, -0.2) is 53.0 Å². The van der Waals surface area contributed by atoms with Gasteiger partial charge in [-0.2, -0.15) is 4.39 Å². The van der Waals surface area contributed by atoms with Gasteiger partial charge in [0.2, 0.25) is 11.9 Å². The minimum absolute atomic E-state index is 0.0269. The Morgan fingerprint density at radius 1 is 1.33 bits per heavy atom. The number of piperidine rings is 1. The standard InChI is InChI=1S/C17H20FN3O3/c18-15-8-11(3-5-19-15)17(23)21-6-4-10-7-13(24-14(10)9-21)16(22)20-12-1-2-12/h3,5,8,10,12-14H,1-2,4,6-7,9H2,(H,20,22)/t10-,13-,14-/m0/s1. The summed E-state index contributed by atoms with van der Waals surface area (Å²) in [4.78, 5) is 29.8. The highest BCUT2D eigenvalue weighted by atomic mass is 19.1. The Kier molecular flexibility index (Phi) is 3.96. The van der Waals surface area contributed by atoms with Gasteiger partial charge in [0.1, 0.15) is 6.10 Å². The number of carbonyl (C=O) groups is 2. The first kappa shape index (κ1) is 15.5. The van der Waals surface area contributed by atoms with Crippen molar-refractivity contribution in [3.05, 3.63) is 29.8 Å². The van der Waals surface area contributed by atoms with E-state index in [1.807, 2.05) is 0 Å². The van der Waals surface area contributed by atoms with Crippen molar-refractivity contribution >= 4 is 11.8 Å². The van der Waals surface area contributed by atoms with Gasteiger partial charge < -0.3 is 15.0 Å². The van der Waals surface area contributed by atoms with Gasteiger partial charge in [0.05, 0.1) is 6.10 Å². The van der Waals surface area contributed by atoms with Crippen LogP contribution in [0, 0.1) is 11.9 Å². The van der Waals surface area contributed by atoms with E-state index >= 15 is 0 Å². The smallest absolute Gasteiger partial charge is 0.254 e. The predicted molar refractivity (Wildman–Crippen MR) is 82.6 cm³/mol. The normalized spacial score (nSPS) is 29.2. The van der Waals surface area contributed by atoms with E-state index in [-0.39, 0.29) is 17.9 Å². The number of carbonyl (C=O) groups excluding carboxylic acids is 2. The van der Waals surface area contributed by atoms with Crippen LogP contribution in [0.25, 0.3) is 0 Å². The first-order chi connectivity index (χ1) is 11.6. The maximum Gasteiger partial charge on any atom is 0.254 e. The second-order valence-electron chi connectivity index (χ2n) is 6.85. The van der Waals surface area contributed by atoms with Crippen molar-refractivity contribution in [2.45, 2.75) is 43.9 Å². The number of nitrogens with zero attached hydrogens (tertiary/aromatic N) is 2. The van der Waals surface area contributed by atoms with Crippen molar-refractivity contribution < 1.29 is 18.7 Å². The van der Waals surface area contributed by atoms with Crippen LogP contribution in [-0.2, 0) is 9.53 Å². The van der Waals surface area contributed by atoms with Gasteiger partial charge in [0.15, 0.2) is 0 Å². The summed E-state index contributed by atoms with van der Waals surface area (Å²) >= 11 is 0. The average Bonchev–Trinajstić information content (AvgIpc) is 3.28. The van der Waals surface area contributed by atoms with E-state index in [9.17, 15) is 14.0 Å². The van der Waals surface area contributed by atoms with E-state index in [1.54, 1.807) is 4.90 Å². The molecular formula is C17H20FN3O3. The molecule has 3 aliphatic rings. The minimum atomic E-state index is -0.662. The molecular weight excluding hydrogens is 313 g/mol. The second-order valence-corrected chi connectivity index (χ2v) is 6.85. The number of pyridine rings is 1. The minimum Gasteiger partial charge on any atom is -0.363 e. The van der Waals surface area contributed by atoms with Crippen LogP contribution in [0.4, 0.5) is 4.39 Å². The summed E-state index contributed by atoms with van der Waals surface area (Å²) < 4.78 is 19.1. The number of likely N-dealkylation sites (tertiary alicyclic amines) is 1. The Morgan fingerprint density at radius 3 is 2.92 bits per heavy atom. The lowest BCUT2D eigenvalue weighted by atomic mass is 9.91. The van der Waals surface area contributed by atoms with Gasteiger partial charge in [-0.1, -0.05) is 0 Å². The maximum absolute atomic E-state index is 13.2. The van der Waals surface area contributed by atoms with Crippen LogP contribution >= 0.6 is 0 Å². The molecule has 0 spiro atoms. The van der Waals surface area contributed by atoms with Gasteiger partial charge >= 0.3 is 0 Å². The number of amides is 2. The van der Waals surface area contributed by atoms with Crippen LogP contribution in [0.15, 0.2) is 18.3 Å². The van der Waals surface area contributed by atoms with Crippen molar-refractivity contribution in [3.63, 3.8) is 0 Å². The van der Waals surface area contributed by atoms with Crippen molar-refractivity contribution in [1.29, 1.82) is 0 Å². The largest absolute Gasteiger partial charge is 0.363 e. The molecule has 3 atom stereocenters. The van der Waals surface area contributed by atoms with E-state index in [1.165, 1.54) is 12.3 Å². The molecule has 128 valence electrons. The lowest BCUT2D eigenvalue weighted by Crippen LogP contribution is -2.45. The fourth-order valence-electron chi connectivity index (χ4n) is 3.52. The summed E-state index contributed by atoms with van der Waals surface area (Å²) in [5, 5.41) is 2.98. The van der Waals surface area contributed by atoms with Crippen LogP contribution in [0.1, 0.15) is 36.0 Å². The van der Waals surface area contributed by atoms with E-state index in [2.05, 4.69) is 10.3 Å². The Morgan fingerprint density at radius 2 is 2.17 bits per heavy atom. The number of hydrogen-bond acceptors (Lipinski definition) is 4. The molecule has 0 unspecified atom stereocenters. The number of aromatic nitrogens is 1. The molecule has 1 aromatic rings. The van der Waals surface area contributed by atoms with Gasteiger partial charge in [0, 0.05) is 37.0 Å². The monoisotopic (exact) mass is 333 g/mol. The molecule has 3 fully saturated rings. The Balaban J connectivity index is 1.38. The lowest BCUT2D eigenvalue weighted by Gasteiger charge is -2.34. The average molecular weight is 333 g/mol. The summed E-state index contributed by atoms with van der Waals surface area (Å²) in [6, 6.07) is 2.98. The zero-order valence-corrected chi connectivity index (χ0v) is 13.3. The molecule has 0 bridgehead atoms. The van der Waals surface area contributed by atoms with Gasteiger partial charge in [0.25, 0.3) is 5.91 Å². The zero-order chi connectivity index (χ0) is 16.7. The highest BCUT2D eigenvalue weighted by Crippen LogP contribution is 2.34. The Hall–Kier alpha value is -2.02. The van der Waals surface area contributed by atoms with Crippen molar-refractivity contribution in [1.82, 2.24) is 15.2 Å². The molecule has 2 aliphatic heterocycles. The molecule has 0 radical (unpaired) electrons. The van der Waals surface area contributed by atoms with Gasteiger partial charge in [-0.25, -0.2) is 4.98 Å². The summed E-state index contributed by atoms with van der Waals surface area (Å²) in [5.41, 5.74) is 0.293. The molecule has 3 heterocycles. The highest BCUT2D eigenvalue weighted by Gasteiger charge is 2.43. The number of ether oxygens (including phenoxy) is 1. The third-order valence-electron chi connectivity index (χ3n) is 5.03. The molecule has 2 saturated heterocycles. The lowest BCUT2D eigenvalue weighted by molar-refractivity contribution is -0.132. The summed E-state index contributed by atoms with van der Waals surface area (Å²) in [5.74, 6) is -0.604. The fourth-order valence-corrected chi connectivity index (χ4v) is 3.52. The Bertz CT molecular complexity index is 664. The first-order valence-corrected chi connectivity index (χ1v) is 8.47. The Labute approximate surface area is 139 Å². The summed E-state index contributed by atoms with van der Waals surface area (Å²) in [6.07, 6.45) is 4.39. The summed E-state index contributed by atoms with van der Waals surface area (Å²) in [6.45, 7) is 1.05. The van der Waals surface area contributed by atoms with Gasteiger partial charge in [-0.15, -0.1) is 0 Å². The predicted octanol–water partition coefficient (Wildman–Crippen LogP) is 1.12. The van der Waals surface area contributed by atoms with E-state index < -0.39 is 12.1 Å². The van der Waals surface area contributed by atoms with Gasteiger partial charge in [-0.05, 0) is 37.7 Å². The number of nitrogens with one attached hydrogen (secondary N) is 1. The summed E-state index contributed by atoms with van der Waals surface area (Å²) in [7, 11) is 0. The molecule has 6 nitrogen and oxygen atoms in total. The number of hydrogen-bond donors (Lipinski definition) is 1. The second kappa shape index (κ2) is 6.12. The van der Waals surface area contributed by atoms with Crippen molar-refractivity contribution in [2.75, 3.05) is 13.1 Å². The van der Waals surface area contributed by atoms with Crippen LogP contribution in [0.2, 0.25) is 0 Å². The molecule has 2 amide bonds.